The van der Waals surface area contributed by atoms with E-state index in [2.05, 4.69) is 0 Å². The molecule has 146 valence electrons. The largest absolute Gasteiger partial charge is 0.497 e. The molecule has 3 aromatic rings. The number of hydrogen-bond acceptors (Lipinski definition) is 3. The minimum atomic E-state index is -3.98. The van der Waals surface area contributed by atoms with Gasteiger partial charge >= 0.3 is 0 Å². The zero-order valence-electron chi connectivity index (χ0n) is 14.8. The third-order valence-corrected chi connectivity index (χ3v) is 6.58. The van der Waals surface area contributed by atoms with Crippen LogP contribution in [0.25, 0.3) is 0 Å². The van der Waals surface area contributed by atoms with Crippen molar-refractivity contribution in [2.75, 3.05) is 11.4 Å². The van der Waals surface area contributed by atoms with E-state index in [0.717, 1.165) is 4.31 Å². The summed E-state index contributed by atoms with van der Waals surface area (Å²) in [6, 6.07) is 16.2. The van der Waals surface area contributed by atoms with Crippen molar-refractivity contribution in [2.45, 2.75) is 11.4 Å². The molecule has 3 rings (SSSR count). The summed E-state index contributed by atoms with van der Waals surface area (Å²) < 4.78 is 46.6. The SMILES string of the molecule is COc1ccc(S(=O)(=O)N(Cc2ccc(Cl)c(Cl)c2)c2cccc(F)c2)cc1. The lowest BCUT2D eigenvalue weighted by Crippen LogP contribution is -2.30. The van der Waals surface area contributed by atoms with E-state index in [9.17, 15) is 12.8 Å². The van der Waals surface area contributed by atoms with Crippen LogP contribution in [0.1, 0.15) is 5.56 Å². The number of anilines is 1. The number of ether oxygens (including phenoxy) is 1. The number of nitrogens with zero attached hydrogens (tertiary/aromatic N) is 1. The van der Waals surface area contributed by atoms with E-state index in [1.54, 1.807) is 30.3 Å². The summed E-state index contributed by atoms with van der Waals surface area (Å²) >= 11 is 12.0. The van der Waals surface area contributed by atoms with Crippen LogP contribution in [-0.4, -0.2) is 15.5 Å². The van der Waals surface area contributed by atoms with Gasteiger partial charge in [0.1, 0.15) is 11.6 Å². The fraction of sp³-hybridized carbons (Fsp3) is 0.100. The van der Waals surface area contributed by atoms with Gasteiger partial charge in [-0.2, -0.15) is 0 Å². The molecule has 28 heavy (non-hydrogen) atoms. The van der Waals surface area contributed by atoms with Gasteiger partial charge < -0.3 is 4.74 Å². The molecule has 4 nitrogen and oxygen atoms in total. The van der Waals surface area contributed by atoms with Crippen molar-refractivity contribution in [3.8, 4) is 5.75 Å². The van der Waals surface area contributed by atoms with Gasteiger partial charge in [-0.15, -0.1) is 0 Å². The van der Waals surface area contributed by atoms with Crippen LogP contribution in [-0.2, 0) is 16.6 Å². The van der Waals surface area contributed by atoms with E-state index in [0.29, 0.717) is 21.4 Å². The molecule has 0 amide bonds. The zero-order chi connectivity index (χ0) is 20.3. The van der Waals surface area contributed by atoms with Crippen LogP contribution in [0, 0.1) is 5.82 Å². The summed E-state index contributed by atoms with van der Waals surface area (Å²) in [5.41, 5.74) is 0.803. The van der Waals surface area contributed by atoms with Gasteiger partial charge in [-0.05, 0) is 60.2 Å². The minimum Gasteiger partial charge on any atom is -0.497 e. The van der Waals surface area contributed by atoms with E-state index in [4.69, 9.17) is 27.9 Å². The van der Waals surface area contributed by atoms with Crippen molar-refractivity contribution in [1.82, 2.24) is 0 Å². The fourth-order valence-electron chi connectivity index (χ4n) is 2.63. The van der Waals surface area contributed by atoms with Crippen LogP contribution in [0.3, 0.4) is 0 Å². The van der Waals surface area contributed by atoms with E-state index in [1.165, 1.54) is 43.5 Å². The van der Waals surface area contributed by atoms with Crippen molar-refractivity contribution in [2.24, 2.45) is 0 Å². The van der Waals surface area contributed by atoms with Gasteiger partial charge in [0.05, 0.1) is 34.3 Å². The first-order valence-electron chi connectivity index (χ1n) is 8.17. The molecule has 3 aromatic carbocycles. The molecule has 0 spiro atoms. The molecule has 0 N–H and O–H groups in total. The van der Waals surface area contributed by atoms with Gasteiger partial charge in [-0.25, -0.2) is 12.8 Å². The average Bonchev–Trinajstić information content (AvgIpc) is 2.68. The first-order valence-corrected chi connectivity index (χ1v) is 10.4. The Morgan fingerprint density at radius 2 is 1.68 bits per heavy atom. The van der Waals surface area contributed by atoms with Crippen molar-refractivity contribution < 1.29 is 17.5 Å². The third kappa shape index (κ3) is 4.41. The molecule has 0 bridgehead atoms. The van der Waals surface area contributed by atoms with E-state index in [-0.39, 0.29) is 17.1 Å². The van der Waals surface area contributed by atoms with E-state index >= 15 is 0 Å². The highest BCUT2D eigenvalue weighted by molar-refractivity contribution is 7.92. The van der Waals surface area contributed by atoms with Crippen LogP contribution < -0.4 is 9.04 Å². The maximum Gasteiger partial charge on any atom is 0.264 e. The number of halogens is 3. The van der Waals surface area contributed by atoms with Gasteiger partial charge in [0.2, 0.25) is 0 Å². The van der Waals surface area contributed by atoms with Gasteiger partial charge in [-0.3, -0.25) is 4.31 Å². The van der Waals surface area contributed by atoms with Crippen LogP contribution in [0.5, 0.6) is 5.75 Å². The highest BCUT2D eigenvalue weighted by atomic mass is 35.5. The molecular formula is C20H16Cl2FNO3S. The second kappa shape index (κ2) is 8.39. The molecule has 0 atom stereocenters. The summed E-state index contributed by atoms with van der Waals surface area (Å²) in [6.45, 7) is -0.0469. The van der Waals surface area contributed by atoms with Gasteiger partial charge in [0, 0.05) is 0 Å². The monoisotopic (exact) mass is 439 g/mol. The Bertz CT molecular complexity index is 1090. The van der Waals surface area contributed by atoms with Crippen LogP contribution in [0.2, 0.25) is 10.0 Å². The van der Waals surface area contributed by atoms with Crippen molar-refractivity contribution >= 4 is 38.9 Å². The quantitative estimate of drug-likeness (QED) is 0.506. The van der Waals surface area contributed by atoms with Gasteiger partial charge in [0.15, 0.2) is 0 Å². The molecule has 0 saturated heterocycles. The van der Waals surface area contributed by atoms with Crippen LogP contribution >= 0.6 is 23.2 Å². The highest BCUT2D eigenvalue weighted by Crippen LogP contribution is 2.29. The molecule has 0 aliphatic heterocycles. The standard InChI is InChI=1S/C20H16Cl2FNO3S/c1-27-17-6-8-18(9-7-17)28(25,26)24(16-4-2-3-15(23)12-16)13-14-5-10-19(21)20(22)11-14/h2-12H,13H2,1H3. The predicted molar refractivity (Wildman–Crippen MR) is 109 cm³/mol. The second-order valence-electron chi connectivity index (χ2n) is 5.92. The van der Waals surface area contributed by atoms with Crippen molar-refractivity contribution in [1.29, 1.82) is 0 Å². The zero-order valence-corrected chi connectivity index (χ0v) is 17.1. The molecule has 0 radical (unpaired) electrons. The number of rotatable bonds is 6. The predicted octanol–water partition coefficient (Wildman–Crippen LogP) is 5.54. The van der Waals surface area contributed by atoms with Gasteiger partial charge in [-0.1, -0.05) is 35.3 Å². The number of hydrogen-bond donors (Lipinski definition) is 0. The Kier molecular flexibility index (Phi) is 6.13. The smallest absolute Gasteiger partial charge is 0.264 e. The normalized spacial score (nSPS) is 11.3. The summed E-state index contributed by atoms with van der Waals surface area (Å²) in [4.78, 5) is 0.0534. The van der Waals surface area contributed by atoms with Crippen LogP contribution in [0.4, 0.5) is 10.1 Å². The Balaban J connectivity index is 2.07. The number of methoxy groups -OCH3 is 1. The second-order valence-corrected chi connectivity index (χ2v) is 8.59. The molecule has 0 aliphatic rings. The fourth-order valence-corrected chi connectivity index (χ4v) is 4.39. The lowest BCUT2D eigenvalue weighted by atomic mass is 10.2. The Morgan fingerprint density at radius 1 is 0.964 bits per heavy atom. The average molecular weight is 440 g/mol. The molecule has 0 aliphatic carbocycles. The summed E-state index contributed by atoms with van der Waals surface area (Å²) in [5, 5.41) is 0.668. The maximum absolute atomic E-state index is 13.8. The first-order chi connectivity index (χ1) is 13.3. The first kappa shape index (κ1) is 20.5. The molecule has 0 aromatic heterocycles. The lowest BCUT2D eigenvalue weighted by Gasteiger charge is -2.25. The Labute approximate surface area is 173 Å². The molecule has 0 unspecified atom stereocenters. The number of sulfonamides is 1. The lowest BCUT2D eigenvalue weighted by molar-refractivity contribution is 0.414. The summed E-state index contributed by atoms with van der Waals surface area (Å²) in [7, 11) is -2.49. The topological polar surface area (TPSA) is 46.6 Å². The molecule has 0 fully saturated rings. The third-order valence-electron chi connectivity index (χ3n) is 4.05. The van der Waals surface area contributed by atoms with Gasteiger partial charge in [0.25, 0.3) is 10.0 Å². The molecule has 0 heterocycles. The molecule has 0 saturated carbocycles. The summed E-state index contributed by atoms with van der Waals surface area (Å²) in [6.07, 6.45) is 0. The minimum absolute atomic E-state index is 0.0469. The molecular weight excluding hydrogens is 424 g/mol. The Morgan fingerprint density at radius 3 is 2.29 bits per heavy atom. The van der Waals surface area contributed by atoms with Crippen LogP contribution in [0.15, 0.2) is 71.6 Å². The van der Waals surface area contributed by atoms with Crippen molar-refractivity contribution in [3.05, 3.63) is 88.2 Å². The number of benzene rings is 3. The summed E-state index contributed by atoms with van der Waals surface area (Å²) in [5.74, 6) is -0.0118. The Hall–Kier alpha value is -2.28. The van der Waals surface area contributed by atoms with E-state index < -0.39 is 15.8 Å². The highest BCUT2D eigenvalue weighted by Gasteiger charge is 2.26. The van der Waals surface area contributed by atoms with E-state index in [1.807, 2.05) is 0 Å². The molecule has 8 heteroatoms. The maximum atomic E-state index is 13.8. The van der Waals surface area contributed by atoms with Crippen molar-refractivity contribution in [3.63, 3.8) is 0 Å².